The molecule has 0 fully saturated rings. The lowest BCUT2D eigenvalue weighted by Crippen LogP contribution is -2.09. The smallest absolute Gasteiger partial charge is 0.191 e. The van der Waals surface area contributed by atoms with Gasteiger partial charge in [-0.2, -0.15) is 0 Å². The van der Waals surface area contributed by atoms with Gasteiger partial charge in [0, 0.05) is 17.2 Å². The Bertz CT molecular complexity index is 921. The Labute approximate surface area is 161 Å². The molecule has 1 aromatic carbocycles. The molecule has 4 rings (SSSR count). The van der Waals surface area contributed by atoms with E-state index >= 15 is 0 Å². The normalized spacial score (nSPS) is 16.7. The van der Waals surface area contributed by atoms with Gasteiger partial charge in [0.05, 0.1) is 5.39 Å². The van der Waals surface area contributed by atoms with Crippen molar-refractivity contribution in [2.45, 2.75) is 44.0 Å². The molecule has 2 aromatic heterocycles. The number of anilines is 1. The van der Waals surface area contributed by atoms with Gasteiger partial charge >= 0.3 is 0 Å². The predicted molar refractivity (Wildman–Crippen MR) is 109 cm³/mol. The Balaban J connectivity index is 1.66. The predicted octanol–water partition coefficient (Wildman–Crippen LogP) is 5.68. The first-order chi connectivity index (χ1) is 12.6. The minimum Gasteiger partial charge on any atom is -0.370 e. The van der Waals surface area contributed by atoms with Crippen LogP contribution in [0, 0.1) is 11.7 Å². The van der Waals surface area contributed by atoms with Crippen molar-refractivity contribution in [2.24, 2.45) is 5.92 Å². The summed E-state index contributed by atoms with van der Waals surface area (Å²) in [5, 5.41) is 5.45. The van der Waals surface area contributed by atoms with E-state index in [0.29, 0.717) is 0 Å². The van der Waals surface area contributed by atoms with Crippen LogP contribution < -0.4 is 5.32 Å². The molecule has 0 aliphatic heterocycles. The van der Waals surface area contributed by atoms with Crippen LogP contribution in [0.2, 0.25) is 0 Å². The maximum absolute atomic E-state index is 13.1. The third-order valence-corrected chi connectivity index (χ3v) is 6.83. The summed E-state index contributed by atoms with van der Waals surface area (Å²) in [7, 11) is 0. The molecular formula is C20H22FN3S2. The number of thioether (sulfide) groups is 1. The molecule has 0 radical (unpaired) electrons. The average Bonchev–Trinajstić information content (AvgIpc) is 2.99. The Morgan fingerprint density at radius 3 is 2.85 bits per heavy atom. The zero-order valence-corrected chi connectivity index (χ0v) is 16.6. The van der Waals surface area contributed by atoms with Crippen molar-refractivity contribution in [2.75, 3.05) is 11.9 Å². The van der Waals surface area contributed by atoms with Crippen LogP contribution in [-0.2, 0) is 18.6 Å². The number of aromatic nitrogens is 2. The number of hydrogen-bond acceptors (Lipinski definition) is 5. The van der Waals surface area contributed by atoms with Gasteiger partial charge in [0.1, 0.15) is 16.5 Å². The van der Waals surface area contributed by atoms with Crippen molar-refractivity contribution >= 4 is 39.1 Å². The largest absolute Gasteiger partial charge is 0.370 e. The lowest BCUT2D eigenvalue weighted by atomic mass is 9.89. The summed E-state index contributed by atoms with van der Waals surface area (Å²) >= 11 is 3.43. The number of fused-ring (bicyclic) bond motifs is 3. The summed E-state index contributed by atoms with van der Waals surface area (Å²) in [6, 6.07) is 6.63. The Morgan fingerprint density at radius 1 is 1.27 bits per heavy atom. The number of benzene rings is 1. The highest BCUT2D eigenvalue weighted by Gasteiger charge is 2.23. The molecule has 0 bridgehead atoms. The molecule has 0 spiro atoms. The van der Waals surface area contributed by atoms with Gasteiger partial charge in [0.15, 0.2) is 5.16 Å². The van der Waals surface area contributed by atoms with E-state index in [1.807, 2.05) is 23.5 Å². The van der Waals surface area contributed by atoms with Crippen LogP contribution in [0.3, 0.4) is 0 Å². The molecule has 0 saturated heterocycles. The fourth-order valence-corrected chi connectivity index (χ4v) is 5.65. The maximum Gasteiger partial charge on any atom is 0.191 e. The van der Waals surface area contributed by atoms with Gasteiger partial charge in [-0.1, -0.05) is 30.8 Å². The zero-order valence-electron chi connectivity index (χ0n) is 15.0. The molecule has 1 N–H and O–H groups in total. The van der Waals surface area contributed by atoms with Crippen molar-refractivity contribution in [1.82, 2.24) is 9.97 Å². The van der Waals surface area contributed by atoms with Gasteiger partial charge in [-0.15, -0.1) is 11.3 Å². The molecule has 0 unspecified atom stereocenters. The highest BCUT2D eigenvalue weighted by molar-refractivity contribution is 7.98. The maximum atomic E-state index is 13.1. The standard InChI is InChI=1S/C20H22FN3S2/c1-3-22-18-17-15-9-4-12(2)10-16(15)26-19(17)24-20(23-18)25-11-13-5-7-14(21)8-6-13/h5-8,12H,3-4,9-11H2,1-2H3,(H,22,23,24)/t12-/m0/s1. The number of rotatable bonds is 5. The minimum absolute atomic E-state index is 0.204. The second-order valence-corrected chi connectivity index (χ2v) is 8.86. The van der Waals surface area contributed by atoms with Crippen LogP contribution in [0.4, 0.5) is 10.2 Å². The number of thiophene rings is 1. The Morgan fingerprint density at radius 2 is 2.08 bits per heavy atom. The number of nitrogens with one attached hydrogen (secondary N) is 1. The molecule has 2 heterocycles. The minimum atomic E-state index is -0.204. The topological polar surface area (TPSA) is 37.8 Å². The Kier molecular flexibility index (Phi) is 5.14. The van der Waals surface area contributed by atoms with Crippen molar-refractivity contribution < 1.29 is 4.39 Å². The quantitative estimate of drug-likeness (QED) is 0.451. The van der Waals surface area contributed by atoms with Gasteiger partial charge in [-0.3, -0.25) is 0 Å². The lowest BCUT2D eigenvalue weighted by Gasteiger charge is -2.18. The van der Waals surface area contributed by atoms with E-state index in [2.05, 4.69) is 19.2 Å². The van der Waals surface area contributed by atoms with Crippen molar-refractivity contribution in [3.63, 3.8) is 0 Å². The fraction of sp³-hybridized carbons (Fsp3) is 0.400. The molecule has 1 aliphatic carbocycles. The van der Waals surface area contributed by atoms with E-state index in [9.17, 15) is 4.39 Å². The molecule has 6 heteroatoms. The third kappa shape index (κ3) is 3.58. The molecule has 136 valence electrons. The summed E-state index contributed by atoms with van der Waals surface area (Å²) in [4.78, 5) is 12.2. The second kappa shape index (κ2) is 7.53. The van der Waals surface area contributed by atoms with Gasteiger partial charge in [0.25, 0.3) is 0 Å². The molecule has 0 saturated carbocycles. The first-order valence-corrected chi connectivity index (χ1v) is 10.9. The molecule has 3 aromatic rings. The van der Waals surface area contributed by atoms with Crippen LogP contribution in [0.25, 0.3) is 10.2 Å². The summed E-state index contributed by atoms with van der Waals surface area (Å²) in [5.74, 6) is 2.24. The number of aryl methyl sites for hydroxylation is 1. The number of halogens is 1. The summed E-state index contributed by atoms with van der Waals surface area (Å²) < 4.78 is 13.1. The third-order valence-electron chi connectivity index (χ3n) is 4.76. The molecule has 3 nitrogen and oxygen atoms in total. The van der Waals surface area contributed by atoms with Gasteiger partial charge in [-0.25, -0.2) is 14.4 Å². The first-order valence-electron chi connectivity index (χ1n) is 9.07. The zero-order chi connectivity index (χ0) is 18.1. The molecule has 0 amide bonds. The summed E-state index contributed by atoms with van der Waals surface area (Å²) in [6.45, 7) is 5.27. The van der Waals surface area contributed by atoms with Gasteiger partial charge < -0.3 is 5.32 Å². The van der Waals surface area contributed by atoms with Crippen LogP contribution in [-0.4, -0.2) is 16.5 Å². The average molecular weight is 388 g/mol. The fourth-order valence-electron chi connectivity index (χ4n) is 3.41. The summed E-state index contributed by atoms with van der Waals surface area (Å²) in [5.41, 5.74) is 2.53. The van der Waals surface area contributed by atoms with Crippen molar-refractivity contribution in [1.29, 1.82) is 0 Å². The van der Waals surface area contributed by atoms with Gasteiger partial charge in [-0.05, 0) is 55.4 Å². The van der Waals surface area contributed by atoms with Crippen molar-refractivity contribution in [3.8, 4) is 0 Å². The molecule has 1 atom stereocenters. The highest BCUT2D eigenvalue weighted by Crippen LogP contribution is 2.41. The second-order valence-electron chi connectivity index (χ2n) is 6.83. The van der Waals surface area contributed by atoms with E-state index in [1.54, 1.807) is 11.8 Å². The molecular weight excluding hydrogens is 365 g/mol. The van der Waals surface area contributed by atoms with E-state index in [-0.39, 0.29) is 5.82 Å². The van der Waals surface area contributed by atoms with E-state index in [4.69, 9.17) is 9.97 Å². The number of hydrogen-bond donors (Lipinski definition) is 1. The summed E-state index contributed by atoms with van der Waals surface area (Å²) in [6.07, 6.45) is 3.52. The number of nitrogens with zero attached hydrogens (tertiary/aromatic N) is 2. The Hall–Kier alpha value is -1.66. The van der Waals surface area contributed by atoms with E-state index in [1.165, 1.54) is 34.4 Å². The van der Waals surface area contributed by atoms with Gasteiger partial charge in [0.2, 0.25) is 0 Å². The highest BCUT2D eigenvalue weighted by atomic mass is 32.2. The van der Waals surface area contributed by atoms with Crippen LogP contribution >= 0.6 is 23.1 Å². The lowest BCUT2D eigenvalue weighted by molar-refractivity contribution is 0.509. The van der Waals surface area contributed by atoms with Crippen LogP contribution in [0.5, 0.6) is 0 Å². The van der Waals surface area contributed by atoms with Crippen LogP contribution in [0.15, 0.2) is 29.4 Å². The molecule has 1 aliphatic rings. The van der Waals surface area contributed by atoms with E-state index in [0.717, 1.165) is 52.4 Å². The monoisotopic (exact) mass is 387 g/mol. The SMILES string of the molecule is CCNc1nc(SCc2ccc(F)cc2)nc2sc3c(c12)CC[C@H](C)C3. The first kappa shape index (κ1) is 17.7. The van der Waals surface area contributed by atoms with Crippen molar-refractivity contribution in [3.05, 3.63) is 46.1 Å². The van der Waals surface area contributed by atoms with Crippen LogP contribution in [0.1, 0.15) is 36.3 Å². The molecule has 26 heavy (non-hydrogen) atoms. The van der Waals surface area contributed by atoms with E-state index < -0.39 is 0 Å².